The Morgan fingerprint density at radius 1 is 0.814 bits per heavy atom. The number of hydrogen-bond acceptors (Lipinski definition) is 14. The van der Waals surface area contributed by atoms with E-state index in [-0.39, 0.29) is 30.2 Å². The topological polar surface area (TPSA) is 184 Å². The molecular formula is C29H40N2O12. The van der Waals surface area contributed by atoms with Crippen molar-refractivity contribution in [3.63, 3.8) is 0 Å². The van der Waals surface area contributed by atoms with Gasteiger partial charge in [0.25, 0.3) is 0 Å². The van der Waals surface area contributed by atoms with Crippen molar-refractivity contribution in [1.29, 1.82) is 0 Å². The molecule has 238 valence electrons. The van der Waals surface area contributed by atoms with Crippen LogP contribution in [-0.2, 0) is 47.7 Å². The van der Waals surface area contributed by atoms with Crippen LogP contribution >= 0.6 is 0 Å². The lowest BCUT2D eigenvalue weighted by atomic mass is 10.0. The fourth-order valence-electron chi connectivity index (χ4n) is 4.32. The molecule has 0 saturated carbocycles. The maximum atomic E-state index is 12.6. The number of rotatable bonds is 18. The van der Waals surface area contributed by atoms with Gasteiger partial charge in [-0.05, 0) is 13.3 Å². The minimum atomic E-state index is -1.25. The van der Waals surface area contributed by atoms with E-state index in [9.17, 15) is 24.0 Å². The second-order valence-corrected chi connectivity index (χ2v) is 9.92. The Morgan fingerprint density at radius 3 is 2.05 bits per heavy atom. The molecule has 2 aromatic heterocycles. The van der Waals surface area contributed by atoms with Crippen molar-refractivity contribution >= 4 is 29.8 Å². The number of carbonyl (C=O) groups excluding carboxylic acids is 5. The molecule has 0 amide bonds. The zero-order chi connectivity index (χ0) is 31.9. The first-order valence-corrected chi connectivity index (χ1v) is 14.1. The predicted octanol–water partition coefficient (Wildman–Crippen LogP) is 4.47. The van der Waals surface area contributed by atoms with Gasteiger partial charge in [-0.15, -0.1) is 0 Å². The van der Waals surface area contributed by atoms with Gasteiger partial charge in [0.1, 0.15) is 24.2 Å². The number of ether oxygens (including phenoxy) is 5. The second kappa shape index (κ2) is 17.7. The fraction of sp³-hybridized carbons (Fsp3) is 0.621. The van der Waals surface area contributed by atoms with Crippen molar-refractivity contribution < 1.29 is 56.5 Å². The summed E-state index contributed by atoms with van der Waals surface area (Å²) < 4.78 is 38.1. The number of nitrogens with zero attached hydrogens (tertiary/aromatic N) is 2. The summed E-state index contributed by atoms with van der Waals surface area (Å²) in [6.45, 7) is 8.18. The van der Waals surface area contributed by atoms with E-state index in [2.05, 4.69) is 16.9 Å². The van der Waals surface area contributed by atoms with Gasteiger partial charge < -0.3 is 32.5 Å². The minimum absolute atomic E-state index is 0.0733. The molecule has 2 heterocycles. The van der Waals surface area contributed by atoms with Crippen LogP contribution in [0.5, 0.6) is 0 Å². The Kier molecular flexibility index (Phi) is 14.4. The SMILES string of the molecule is CCCCCCCC(=O)OC(c1cnco1)c1nc(C(CC(OC(C)=O)C(OC(C)=O)C(C)OC(C)=O)OC(C)=O)co1. The average molecular weight is 609 g/mol. The van der Waals surface area contributed by atoms with Crippen LogP contribution < -0.4 is 0 Å². The van der Waals surface area contributed by atoms with Gasteiger partial charge in [-0.2, -0.15) is 0 Å². The first-order chi connectivity index (χ1) is 20.4. The summed E-state index contributed by atoms with van der Waals surface area (Å²) in [5.74, 6) is -3.24. The van der Waals surface area contributed by atoms with Gasteiger partial charge in [0, 0.05) is 40.5 Å². The highest BCUT2D eigenvalue weighted by Crippen LogP contribution is 2.32. The van der Waals surface area contributed by atoms with Crippen LogP contribution in [0, 0.1) is 0 Å². The summed E-state index contributed by atoms with van der Waals surface area (Å²) >= 11 is 0. The van der Waals surface area contributed by atoms with Gasteiger partial charge >= 0.3 is 29.8 Å². The summed E-state index contributed by atoms with van der Waals surface area (Å²) in [7, 11) is 0. The molecule has 5 atom stereocenters. The van der Waals surface area contributed by atoms with Crippen LogP contribution in [-0.4, -0.2) is 58.1 Å². The van der Waals surface area contributed by atoms with Crippen LogP contribution in [0.15, 0.2) is 27.7 Å². The van der Waals surface area contributed by atoms with Crippen molar-refractivity contribution in [2.75, 3.05) is 0 Å². The maximum absolute atomic E-state index is 12.6. The van der Waals surface area contributed by atoms with Crippen molar-refractivity contribution in [2.24, 2.45) is 0 Å². The lowest BCUT2D eigenvalue weighted by Gasteiger charge is -2.31. The largest absolute Gasteiger partial charge is 0.459 e. The van der Waals surface area contributed by atoms with E-state index >= 15 is 0 Å². The molecule has 0 aliphatic heterocycles. The van der Waals surface area contributed by atoms with Gasteiger partial charge in [-0.3, -0.25) is 24.0 Å². The zero-order valence-electron chi connectivity index (χ0n) is 25.4. The monoisotopic (exact) mass is 608 g/mol. The summed E-state index contributed by atoms with van der Waals surface area (Å²) in [5, 5.41) is 0. The first kappa shape index (κ1) is 35.0. The van der Waals surface area contributed by atoms with Crippen molar-refractivity contribution in [1.82, 2.24) is 9.97 Å². The molecule has 0 aliphatic carbocycles. The van der Waals surface area contributed by atoms with Gasteiger partial charge in [0.15, 0.2) is 24.4 Å². The molecule has 0 N–H and O–H groups in total. The molecular weight excluding hydrogens is 568 g/mol. The molecule has 2 rings (SSSR count). The Hall–Kier alpha value is -4.23. The Balaban J connectivity index is 2.35. The van der Waals surface area contributed by atoms with Crippen LogP contribution in [0.2, 0.25) is 0 Å². The Labute approximate surface area is 249 Å². The van der Waals surface area contributed by atoms with Crippen molar-refractivity contribution in [3.8, 4) is 0 Å². The summed E-state index contributed by atoms with van der Waals surface area (Å²) in [6, 6.07) is 0. The molecule has 0 bridgehead atoms. The molecule has 5 unspecified atom stereocenters. The predicted molar refractivity (Wildman–Crippen MR) is 146 cm³/mol. The molecule has 0 radical (unpaired) electrons. The number of oxazole rings is 2. The van der Waals surface area contributed by atoms with E-state index in [0.717, 1.165) is 45.9 Å². The van der Waals surface area contributed by atoms with E-state index in [4.69, 9.17) is 32.5 Å². The Bertz CT molecular complexity index is 1190. The molecule has 0 spiro atoms. The Morgan fingerprint density at radius 2 is 1.47 bits per heavy atom. The van der Waals surface area contributed by atoms with Crippen LogP contribution in [0.1, 0.15) is 116 Å². The third-order valence-corrected chi connectivity index (χ3v) is 6.09. The first-order valence-electron chi connectivity index (χ1n) is 14.1. The maximum Gasteiger partial charge on any atom is 0.307 e. The van der Waals surface area contributed by atoms with Crippen LogP contribution in [0.3, 0.4) is 0 Å². The number of aromatic nitrogens is 2. The van der Waals surface area contributed by atoms with Crippen LogP contribution in [0.25, 0.3) is 0 Å². The zero-order valence-corrected chi connectivity index (χ0v) is 25.4. The van der Waals surface area contributed by atoms with E-state index in [0.29, 0.717) is 6.42 Å². The van der Waals surface area contributed by atoms with Gasteiger partial charge in [0.2, 0.25) is 12.0 Å². The van der Waals surface area contributed by atoms with E-state index in [1.54, 1.807) is 0 Å². The average Bonchev–Trinajstić information content (AvgIpc) is 3.61. The standard InChI is InChI=1S/C29H40N2O12/c1-7-8-9-10-11-12-26(36)43-28(25-14-30-16-38-25)29-31-22(15-37-29)23(40-19(4)33)13-24(41-20(5)34)27(42-21(6)35)17(2)39-18(3)32/h14-17,23-24,27-28H,7-13H2,1-6H3. The van der Waals surface area contributed by atoms with Crippen molar-refractivity contribution in [2.45, 2.75) is 117 Å². The lowest BCUT2D eigenvalue weighted by molar-refractivity contribution is -0.185. The highest BCUT2D eigenvalue weighted by Gasteiger charge is 2.38. The van der Waals surface area contributed by atoms with Gasteiger partial charge in [0.05, 0.1) is 6.20 Å². The number of esters is 5. The quantitative estimate of drug-likeness (QED) is 0.131. The van der Waals surface area contributed by atoms with E-state index in [1.165, 1.54) is 33.2 Å². The summed E-state index contributed by atoms with van der Waals surface area (Å²) in [5.41, 5.74) is 0.0733. The highest BCUT2D eigenvalue weighted by molar-refractivity contribution is 5.70. The molecule has 14 heteroatoms. The number of hydrogen-bond donors (Lipinski definition) is 0. The molecule has 0 fully saturated rings. The summed E-state index contributed by atoms with van der Waals surface area (Å²) in [6.07, 6.45) is 2.44. The molecule has 2 aromatic rings. The fourth-order valence-corrected chi connectivity index (χ4v) is 4.32. The molecule has 43 heavy (non-hydrogen) atoms. The third-order valence-electron chi connectivity index (χ3n) is 6.09. The molecule has 0 aliphatic rings. The lowest BCUT2D eigenvalue weighted by Crippen LogP contribution is -2.44. The van der Waals surface area contributed by atoms with Crippen LogP contribution in [0.4, 0.5) is 0 Å². The van der Waals surface area contributed by atoms with Gasteiger partial charge in [-0.25, -0.2) is 9.97 Å². The third kappa shape index (κ3) is 12.3. The number of carbonyl (C=O) groups is 5. The van der Waals surface area contributed by atoms with Gasteiger partial charge in [-0.1, -0.05) is 32.6 Å². The number of unbranched alkanes of at least 4 members (excludes halogenated alkanes) is 4. The van der Waals surface area contributed by atoms with E-state index < -0.39 is 60.4 Å². The smallest absolute Gasteiger partial charge is 0.307 e. The summed E-state index contributed by atoms with van der Waals surface area (Å²) in [4.78, 5) is 68.5. The minimum Gasteiger partial charge on any atom is -0.459 e. The molecule has 14 nitrogen and oxygen atoms in total. The normalized spacial score (nSPS) is 14.5. The second-order valence-electron chi connectivity index (χ2n) is 9.92. The molecule has 0 saturated heterocycles. The highest BCUT2D eigenvalue weighted by atomic mass is 16.6. The molecule has 0 aromatic carbocycles. The van der Waals surface area contributed by atoms with Crippen molar-refractivity contribution in [3.05, 3.63) is 36.2 Å². The van der Waals surface area contributed by atoms with E-state index in [1.807, 2.05) is 0 Å².